The van der Waals surface area contributed by atoms with Crippen LogP contribution in [0.3, 0.4) is 0 Å². The second-order valence-corrected chi connectivity index (χ2v) is 8.10. The van der Waals surface area contributed by atoms with Crippen molar-refractivity contribution in [2.45, 2.75) is 50.7 Å². The molecule has 4 rings (SSSR count). The van der Waals surface area contributed by atoms with Crippen molar-refractivity contribution < 1.29 is 4.79 Å². The summed E-state index contributed by atoms with van der Waals surface area (Å²) in [5.41, 5.74) is 2.02. The van der Waals surface area contributed by atoms with Crippen LogP contribution in [0.2, 0.25) is 0 Å². The fraction of sp³-hybridized carbons (Fsp3) is 0.500. The van der Waals surface area contributed by atoms with Gasteiger partial charge in [0.2, 0.25) is 5.95 Å². The normalized spacial score (nSPS) is 25.2. The maximum absolute atomic E-state index is 13.1. The van der Waals surface area contributed by atoms with Crippen LogP contribution in [0.4, 0.5) is 5.95 Å². The van der Waals surface area contributed by atoms with Crippen LogP contribution in [0.1, 0.15) is 48.0 Å². The predicted molar refractivity (Wildman–Crippen MR) is 107 cm³/mol. The number of fused-ring (bicyclic) bond motifs is 2. The Morgan fingerprint density at radius 3 is 2.30 bits per heavy atom. The van der Waals surface area contributed by atoms with E-state index in [1.807, 2.05) is 19.0 Å². The number of piperidine rings is 2. The first-order chi connectivity index (χ1) is 13.1. The number of carbonyl (C=O) groups excluding carboxylic acids is 1. The molecule has 0 saturated carbocycles. The molecule has 0 radical (unpaired) electrons. The summed E-state index contributed by atoms with van der Waals surface area (Å²) in [6.07, 6.45) is 8.97. The van der Waals surface area contributed by atoms with Crippen molar-refractivity contribution in [1.82, 2.24) is 14.9 Å². The molecule has 27 heavy (non-hydrogen) atoms. The number of rotatable bonds is 5. The molecule has 0 spiro atoms. The summed E-state index contributed by atoms with van der Waals surface area (Å²) in [4.78, 5) is 26.2. The molecule has 142 valence electrons. The molecule has 0 amide bonds. The van der Waals surface area contributed by atoms with E-state index in [1.165, 1.54) is 24.8 Å². The van der Waals surface area contributed by atoms with E-state index in [0.29, 0.717) is 23.6 Å². The number of hydrogen-bond acceptors (Lipinski definition) is 5. The lowest BCUT2D eigenvalue weighted by Gasteiger charge is -2.48. The molecule has 2 aliphatic heterocycles. The third kappa shape index (κ3) is 3.88. The number of carbonyl (C=O) groups is 1. The highest BCUT2D eigenvalue weighted by molar-refractivity contribution is 5.97. The summed E-state index contributed by atoms with van der Waals surface area (Å²) in [5.74, 6) is 0.957. The number of nitrogens with zero attached hydrogens (tertiary/aromatic N) is 4. The monoisotopic (exact) mass is 364 g/mol. The van der Waals surface area contributed by atoms with E-state index >= 15 is 0 Å². The van der Waals surface area contributed by atoms with Gasteiger partial charge in [0.25, 0.3) is 0 Å². The zero-order valence-corrected chi connectivity index (χ0v) is 16.2. The molecule has 2 saturated heterocycles. The average molecular weight is 364 g/mol. The number of Topliss-reactive ketones (excluding diaryl/α,β-unsaturated/α-hetero) is 1. The summed E-state index contributed by atoms with van der Waals surface area (Å²) in [5, 5.41) is 0. The van der Waals surface area contributed by atoms with E-state index in [2.05, 4.69) is 45.2 Å². The third-order valence-corrected chi connectivity index (χ3v) is 6.03. The molecule has 5 nitrogen and oxygen atoms in total. The van der Waals surface area contributed by atoms with Crippen molar-refractivity contribution in [3.05, 3.63) is 53.9 Å². The van der Waals surface area contributed by atoms with Crippen molar-refractivity contribution in [3.8, 4) is 0 Å². The SMILES string of the molecule is CN(C)c1ncc(C(=O)C2CC3CCCC(C2)N3Cc2ccccc2)cn1. The number of aromatic nitrogens is 2. The van der Waals surface area contributed by atoms with E-state index in [-0.39, 0.29) is 11.7 Å². The van der Waals surface area contributed by atoms with Crippen molar-refractivity contribution in [2.75, 3.05) is 19.0 Å². The Balaban J connectivity index is 1.47. The van der Waals surface area contributed by atoms with E-state index in [1.54, 1.807) is 12.4 Å². The number of ketones is 1. The minimum Gasteiger partial charge on any atom is -0.347 e. The van der Waals surface area contributed by atoms with Gasteiger partial charge in [-0.25, -0.2) is 9.97 Å². The van der Waals surface area contributed by atoms with Gasteiger partial charge in [0, 0.05) is 51.0 Å². The Bertz CT molecular complexity index is 761. The first-order valence-corrected chi connectivity index (χ1v) is 9.95. The number of benzene rings is 1. The minimum absolute atomic E-state index is 0.0983. The first-order valence-electron chi connectivity index (χ1n) is 9.95. The van der Waals surface area contributed by atoms with E-state index in [0.717, 1.165) is 19.4 Å². The Kier molecular flexibility index (Phi) is 5.21. The Morgan fingerprint density at radius 1 is 1.07 bits per heavy atom. The summed E-state index contributed by atoms with van der Waals surface area (Å²) >= 11 is 0. The van der Waals surface area contributed by atoms with Crippen LogP contribution < -0.4 is 4.90 Å². The van der Waals surface area contributed by atoms with Crippen molar-refractivity contribution in [2.24, 2.45) is 5.92 Å². The molecule has 5 heteroatoms. The zero-order chi connectivity index (χ0) is 18.8. The summed E-state index contributed by atoms with van der Waals surface area (Å²) in [6.45, 7) is 0.998. The van der Waals surface area contributed by atoms with Gasteiger partial charge in [-0.3, -0.25) is 9.69 Å². The van der Waals surface area contributed by atoms with Crippen LogP contribution in [0.15, 0.2) is 42.7 Å². The molecule has 3 heterocycles. The van der Waals surface area contributed by atoms with E-state index in [4.69, 9.17) is 0 Å². The molecular weight excluding hydrogens is 336 g/mol. The summed E-state index contributed by atoms with van der Waals surface area (Å²) in [7, 11) is 3.81. The standard InChI is InChI=1S/C22H28N4O/c1-25(2)22-23-13-18(14-24-22)21(27)17-11-19-9-6-10-20(12-17)26(19)15-16-7-4-3-5-8-16/h3-5,7-8,13-14,17,19-20H,6,9-12,15H2,1-2H3. The lowest BCUT2D eigenvalue weighted by molar-refractivity contribution is 0.00904. The van der Waals surface area contributed by atoms with Crippen molar-refractivity contribution in [3.63, 3.8) is 0 Å². The van der Waals surface area contributed by atoms with Crippen LogP contribution in [0.25, 0.3) is 0 Å². The second-order valence-electron chi connectivity index (χ2n) is 8.10. The van der Waals surface area contributed by atoms with Crippen molar-refractivity contribution >= 4 is 11.7 Å². The van der Waals surface area contributed by atoms with E-state index in [9.17, 15) is 4.79 Å². The fourth-order valence-electron chi connectivity index (χ4n) is 4.66. The first kappa shape index (κ1) is 18.1. The van der Waals surface area contributed by atoms with Gasteiger partial charge < -0.3 is 4.90 Å². The topological polar surface area (TPSA) is 49.3 Å². The third-order valence-electron chi connectivity index (χ3n) is 6.03. The van der Waals surface area contributed by atoms with Crippen LogP contribution >= 0.6 is 0 Å². The molecule has 1 aromatic carbocycles. The average Bonchev–Trinajstić information content (AvgIpc) is 2.68. The molecule has 2 aliphatic rings. The fourth-order valence-corrected chi connectivity index (χ4v) is 4.66. The van der Waals surface area contributed by atoms with Crippen LogP contribution in [0.5, 0.6) is 0 Å². The minimum atomic E-state index is 0.0983. The molecule has 1 aromatic heterocycles. The van der Waals surface area contributed by atoms with Gasteiger partial charge in [0.05, 0.1) is 5.56 Å². The predicted octanol–water partition coefficient (Wildman–Crippen LogP) is 3.56. The van der Waals surface area contributed by atoms with Gasteiger partial charge in [0.1, 0.15) is 0 Å². The molecule has 2 aromatic rings. The van der Waals surface area contributed by atoms with E-state index < -0.39 is 0 Å². The maximum atomic E-state index is 13.1. The maximum Gasteiger partial charge on any atom is 0.224 e. The molecular formula is C22H28N4O. The molecule has 0 aliphatic carbocycles. The Labute approximate surface area is 161 Å². The molecule has 2 atom stereocenters. The van der Waals surface area contributed by atoms with Gasteiger partial charge in [-0.15, -0.1) is 0 Å². The van der Waals surface area contributed by atoms with Crippen LogP contribution in [-0.4, -0.2) is 46.8 Å². The van der Waals surface area contributed by atoms with Crippen LogP contribution in [-0.2, 0) is 6.54 Å². The highest BCUT2D eigenvalue weighted by Gasteiger charge is 2.40. The lowest BCUT2D eigenvalue weighted by atomic mass is 9.75. The summed E-state index contributed by atoms with van der Waals surface area (Å²) < 4.78 is 0. The van der Waals surface area contributed by atoms with Gasteiger partial charge in [-0.1, -0.05) is 36.8 Å². The van der Waals surface area contributed by atoms with Gasteiger partial charge in [-0.05, 0) is 31.2 Å². The number of anilines is 1. The quantitative estimate of drug-likeness (QED) is 0.759. The zero-order valence-electron chi connectivity index (χ0n) is 16.2. The van der Waals surface area contributed by atoms with Gasteiger partial charge in [0.15, 0.2) is 5.78 Å². The summed E-state index contributed by atoms with van der Waals surface area (Å²) in [6, 6.07) is 11.7. The molecule has 2 fully saturated rings. The second kappa shape index (κ2) is 7.77. The van der Waals surface area contributed by atoms with Crippen LogP contribution in [0, 0.1) is 5.92 Å². The Morgan fingerprint density at radius 2 is 1.70 bits per heavy atom. The van der Waals surface area contributed by atoms with Crippen molar-refractivity contribution in [1.29, 1.82) is 0 Å². The molecule has 2 unspecified atom stereocenters. The molecule has 0 N–H and O–H groups in total. The van der Waals surface area contributed by atoms with Gasteiger partial charge in [-0.2, -0.15) is 0 Å². The Hall–Kier alpha value is -2.27. The molecule has 2 bridgehead atoms. The highest BCUT2D eigenvalue weighted by Crippen LogP contribution is 2.39. The number of hydrogen-bond donors (Lipinski definition) is 0. The smallest absolute Gasteiger partial charge is 0.224 e. The van der Waals surface area contributed by atoms with Gasteiger partial charge >= 0.3 is 0 Å². The largest absolute Gasteiger partial charge is 0.347 e. The lowest BCUT2D eigenvalue weighted by Crippen LogP contribution is -2.52. The highest BCUT2D eigenvalue weighted by atomic mass is 16.1.